The predicted octanol–water partition coefficient (Wildman–Crippen LogP) is 3.08. The number of hydrogen-bond donors (Lipinski definition) is 1. The van der Waals surface area contributed by atoms with Gasteiger partial charge in [-0.2, -0.15) is 0 Å². The van der Waals surface area contributed by atoms with E-state index in [1.54, 1.807) is 0 Å². The monoisotopic (exact) mass is 331 g/mol. The summed E-state index contributed by atoms with van der Waals surface area (Å²) in [6.45, 7) is 3.77. The van der Waals surface area contributed by atoms with Crippen molar-refractivity contribution in [3.05, 3.63) is 83.9 Å². The minimum absolute atomic E-state index is 0.599. The van der Waals surface area contributed by atoms with Crippen LogP contribution in [-0.2, 0) is 13.1 Å². The Balaban J connectivity index is 1.26. The van der Waals surface area contributed by atoms with Crippen molar-refractivity contribution in [3.8, 4) is 0 Å². The quantitative estimate of drug-likeness (QED) is 0.752. The Kier molecular flexibility index (Phi) is 4.65. The zero-order valence-electron chi connectivity index (χ0n) is 14.0. The van der Waals surface area contributed by atoms with Crippen LogP contribution in [0.1, 0.15) is 22.6 Å². The van der Waals surface area contributed by atoms with Crippen LogP contribution in [0.2, 0.25) is 0 Å². The van der Waals surface area contributed by atoms with Crippen molar-refractivity contribution >= 4 is 5.95 Å². The molecule has 1 aromatic carbocycles. The number of hydrogen-bond acceptors (Lipinski definition) is 5. The normalized spacial score (nSPS) is 14.9. The molecule has 2 aromatic heterocycles. The molecular weight excluding hydrogens is 310 g/mol. The van der Waals surface area contributed by atoms with Crippen molar-refractivity contribution in [1.82, 2.24) is 19.9 Å². The van der Waals surface area contributed by atoms with Gasteiger partial charge in [-0.1, -0.05) is 36.4 Å². The van der Waals surface area contributed by atoms with Crippen LogP contribution >= 0.6 is 0 Å². The fraction of sp³-hybridized carbons (Fsp3) is 0.250. The van der Waals surface area contributed by atoms with Gasteiger partial charge in [-0.3, -0.25) is 9.88 Å². The first kappa shape index (κ1) is 15.7. The molecule has 0 atom stereocenters. The molecule has 1 aliphatic heterocycles. The summed E-state index contributed by atoms with van der Waals surface area (Å²) in [5.74, 6) is 1.27. The lowest BCUT2D eigenvalue weighted by atomic mass is 9.92. The topological polar surface area (TPSA) is 53.9 Å². The smallest absolute Gasteiger partial charge is 0.222 e. The second-order valence-corrected chi connectivity index (χ2v) is 6.43. The Morgan fingerprint density at radius 1 is 0.920 bits per heavy atom. The van der Waals surface area contributed by atoms with E-state index < -0.39 is 0 Å². The molecule has 0 unspecified atom stereocenters. The van der Waals surface area contributed by atoms with Gasteiger partial charge in [0, 0.05) is 62.4 Å². The van der Waals surface area contributed by atoms with Crippen molar-refractivity contribution in [2.24, 2.45) is 0 Å². The molecule has 1 N–H and O–H groups in total. The Morgan fingerprint density at radius 2 is 1.72 bits per heavy atom. The minimum atomic E-state index is 0.599. The van der Waals surface area contributed by atoms with Gasteiger partial charge >= 0.3 is 0 Å². The Bertz CT molecular complexity index is 783. The maximum atomic E-state index is 4.42. The van der Waals surface area contributed by atoms with Crippen molar-refractivity contribution in [2.45, 2.75) is 19.0 Å². The van der Waals surface area contributed by atoms with Gasteiger partial charge in [0.15, 0.2) is 0 Å². The molecule has 126 valence electrons. The number of rotatable bonds is 6. The summed E-state index contributed by atoms with van der Waals surface area (Å²) in [7, 11) is 0. The Morgan fingerprint density at radius 3 is 2.44 bits per heavy atom. The van der Waals surface area contributed by atoms with Crippen LogP contribution in [0.15, 0.2) is 67.3 Å². The average Bonchev–Trinajstić information content (AvgIpc) is 2.65. The van der Waals surface area contributed by atoms with Crippen LogP contribution in [0.25, 0.3) is 0 Å². The summed E-state index contributed by atoms with van der Waals surface area (Å²) in [6, 6.07) is 14.4. The van der Waals surface area contributed by atoms with Crippen LogP contribution in [-0.4, -0.2) is 32.9 Å². The van der Waals surface area contributed by atoms with Gasteiger partial charge in [0.1, 0.15) is 0 Å². The maximum Gasteiger partial charge on any atom is 0.222 e. The average molecular weight is 331 g/mol. The first-order valence-electron chi connectivity index (χ1n) is 8.58. The molecule has 5 heteroatoms. The van der Waals surface area contributed by atoms with Crippen LogP contribution < -0.4 is 5.32 Å². The third-order valence-corrected chi connectivity index (χ3v) is 4.52. The molecule has 4 rings (SSSR count). The fourth-order valence-electron chi connectivity index (χ4n) is 3.09. The van der Waals surface area contributed by atoms with Crippen molar-refractivity contribution < 1.29 is 0 Å². The highest BCUT2D eigenvalue weighted by Crippen LogP contribution is 2.27. The second-order valence-electron chi connectivity index (χ2n) is 6.43. The molecular formula is C20H21N5. The molecule has 0 spiro atoms. The number of likely N-dealkylation sites (tertiary alicyclic amines) is 1. The van der Waals surface area contributed by atoms with E-state index in [1.807, 2.05) is 49.1 Å². The molecule has 0 radical (unpaired) electrons. The Labute approximate surface area is 147 Å². The van der Waals surface area contributed by atoms with Gasteiger partial charge in [-0.25, -0.2) is 9.97 Å². The summed E-state index contributed by atoms with van der Waals surface area (Å²) >= 11 is 0. The number of benzene rings is 1. The van der Waals surface area contributed by atoms with E-state index in [2.05, 4.69) is 43.4 Å². The number of aromatic nitrogens is 3. The maximum absolute atomic E-state index is 4.42. The first-order chi connectivity index (χ1) is 12.4. The summed E-state index contributed by atoms with van der Waals surface area (Å²) in [6.07, 6.45) is 7.62. The van der Waals surface area contributed by atoms with E-state index in [0.717, 1.165) is 31.7 Å². The lowest BCUT2D eigenvalue weighted by Gasteiger charge is -2.39. The molecule has 1 aliphatic rings. The molecule has 3 aromatic rings. The van der Waals surface area contributed by atoms with Gasteiger partial charge in [0.25, 0.3) is 0 Å². The molecule has 0 saturated carbocycles. The van der Waals surface area contributed by atoms with Crippen molar-refractivity contribution in [2.75, 3.05) is 18.4 Å². The molecule has 1 fully saturated rings. The van der Waals surface area contributed by atoms with E-state index in [0.29, 0.717) is 11.9 Å². The molecule has 0 aliphatic carbocycles. The van der Waals surface area contributed by atoms with E-state index in [4.69, 9.17) is 0 Å². The molecule has 5 nitrogen and oxygen atoms in total. The summed E-state index contributed by atoms with van der Waals surface area (Å²) in [5, 5.41) is 3.26. The zero-order chi connectivity index (χ0) is 16.9. The summed E-state index contributed by atoms with van der Waals surface area (Å²) in [4.78, 5) is 15.5. The fourth-order valence-corrected chi connectivity index (χ4v) is 3.09. The lowest BCUT2D eigenvalue weighted by Crippen LogP contribution is -2.44. The SMILES string of the molecule is c1ccc(CNc2ncc(CN3CC(c4cccnc4)C3)cn2)cc1. The highest BCUT2D eigenvalue weighted by Gasteiger charge is 2.27. The molecule has 1 saturated heterocycles. The number of anilines is 1. The second kappa shape index (κ2) is 7.40. The van der Waals surface area contributed by atoms with Crippen LogP contribution in [0, 0.1) is 0 Å². The standard InChI is InChI=1S/C20H21N5/c1-2-5-16(6-3-1)9-22-20-23-10-17(11-24-20)13-25-14-19(15-25)18-7-4-8-21-12-18/h1-8,10-12,19H,9,13-15H2,(H,22,23,24). The highest BCUT2D eigenvalue weighted by molar-refractivity contribution is 5.28. The van der Waals surface area contributed by atoms with E-state index in [9.17, 15) is 0 Å². The third kappa shape index (κ3) is 4.00. The predicted molar refractivity (Wildman–Crippen MR) is 98.1 cm³/mol. The number of pyridine rings is 1. The Hall–Kier alpha value is -2.79. The van der Waals surface area contributed by atoms with E-state index in [-0.39, 0.29) is 0 Å². The van der Waals surface area contributed by atoms with Crippen LogP contribution in [0.4, 0.5) is 5.95 Å². The molecule has 25 heavy (non-hydrogen) atoms. The van der Waals surface area contributed by atoms with Crippen molar-refractivity contribution in [1.29, 1.82) is 0 Å². The minimum Gasteiger partial charge on any atom is -0.350 e. The zero-order valence-corrected chi connectivity index (χ0v) is 14.0. The van der Waals surface area contributed by atoms with Gasteiger partial charge in [-0.15, -0.1) is 0 Å². The van der Waals surface area contributed by atoms with E-state index in [1.165, 1.54) is 11.1 Å². The lowest BCUT2D eigenvalue weighted by molar-refractivity contribution is 0.139. The molecule has 0 bridgehead atoms. The molecule has 3 heterocycles. The summed E-state index contributed by atoms with van der Waals surface area (Å²) in [5.41, 5.74) is 3.70. The third-order valence-electron chi connectivity index (χ3n) is 4.52. The van der Waals surface area contributed by atoms with E-state index >= 15 is 0 Å². The molecule has 0 amide bonds. The largest absolute Gasteiger partial charge is 0.350 e. The summed E-state index contributed by atoms with van der Waals surface area (Å²) < 4.78 is 0. The number of nitrogens with zero attached hydrogens (tertiary/aromatic N) is 4. The van der Waals surface area contributed by atoms with Crippen LogP contribution in [0.5, 0.6) is 0 Å². The van der Waals surface area contributed by atoms with Crippen molar-refractivity contribution in [3.63, 3.8) is 0 Å². The van der Waals surface area contributed by atoms with Gasteiger partial charge in [0.2, 0.25) is 5.95 Å². The highest BCUT2D eigenvalue weighted by atomic mass is 15.2. The number of nitrogens with one attached hydrogen (secondary N) is 1. The van der Waals surface area contributed by atoms with Gasteiger partial charge in [-0.05, 0) is 17.2 Å². The van der Waals surface area contributed by atoms with Gasteiger partial charge < -0.3 is 5.32 Å². The first-order valence-corrected chi connectivity index (χ1v) is 8.58. The van der Waals surface area contributed by atoms with Crippen LogP contribution in [0.3, 0.4) is 0 Å². The van der Waals surface area contributed by atoms with Gasteiger partial charge in [0.05, 0.1) is 0 Å².